The van der Waals surface area contributed by atoms with E-state index in [1.165, 1.54) is 11.0 Å². The van der Waals surface area contributed by atoms with Crippen LogP contribution in [-0.2, 0) is 14.3 Å². The minimum absolute atomic E-state index is 0.0507. The highest BCUT2D eigenvalue weighted by atomic mass is 79.9. The molecule has 10 heteroatoms. The number of piperazine rings is 1. The van der Waals surface area contributed by atoms with Crippen molar-refractivity contribution in [2.24, 2.45) is 0 Å². The Labute approximate surface area is 158 Å². The van der Waals surface area contributed by atoms with Crippen molar-refractivity contribution >= 4 is 51.0 Å². The van der Waals surface area contributed by atoms with Crippen LogP contribution in [0, 0.1) is 0 Å². The van der Waals surface area contributed by atoms with Crippen LogP contribution in [-0.4, -0.2) is 53.0 Å². The Bertz CT molecular complexity index is 690. The molecule has 0 aromatic carbocycles. The number of hydrogen-bond donors (Lipinski definition) is 2. The molecule has 2 amide bonds. The molecule has 0 unspecified atom stereocenters. The molecule has 1 fully saturated rings. The standard InChI is InChI=1S/C15H18BrN3O5S/c1-8(2)23-12(20)7-9-13(21)17-5-6-19(9)15(25)18-14(22)10-3-4-11(16)24-10/h3-4,8-9H,5-7H2,1-2H3,(H,17,21)(H,18,22,25)/t9-/m1/s1. The number of hydrogen-bond acceptors (Lipinski definition) is 6. The molecule has 0 aliphatic carbocycles. The first-order chi connectivity index (χ1) is 11.8. The lowest BCUT2D eigenvalue weighted by Gasteiger charge is -2.36. The predicted molar refractivity (Wildman–Crippen MR) is 95.8 cm³/mol. The Morgan fingerprint density at radius 2 is 2.24 bits per heavy atom. The molecule has 8 nitrogen and oxygen atoms in total. The van der Waals surface area contributed by atoms with Crippen LogP contribution in [0.25, 0.3) is 0 Å². The van der Waals surface area contributed by atoms with Gasteiger partial charge >= 0.3 is 5.97 Å². The van der Waals surface area contributed by atoms with Crippen LogP contribution >= 0.6 is 28.1 Å². The Balaban J connectivity index is 2.05. The molecule has 1 saturated heterocycles. The molecule has 0 radical (unpaired) electrons. The van der Waals surface area contributed by atoms with E-state index in [2.05, 4.69) is 26.6 Å². The highest BCUT2D eigenvalue weighted by molar-refractivity contribution is 9.10. The summed E-state index contributed by atoms with van der Waals surface area (Å²) < 4.78 is 10.7. The zero-order valence-corrected chi connectivity index (χ0v) is 16.1. The topological polar surface area (TPSA) is 101 Å². The fraction of sp³-hybridized carbons (Fsp3) is 0.467. The lowest BCUT2D eigenvalue weighted by molar-refractivity contribution is -0.150. The van der Waals surface area contributed by atoms with Gasteiger partial charge in [-0.05, 0) is 54.1 Å². The maximum absolute atomic E-state index is 12.1. The summed E-state index contributed by atoms with van der Waals surface area (Å²) in [6, 6.07) is 2.23. The minimum Gasteiger partial charge on any atom is -0.463 e. The highest BCUT2D eigenvalue weighted by Crippen LogP contribution is 2.15. The molecule has 1 aromatic rings. The van der Waals surface area contributed by atoms with Gasteiger partial charge in [0.25, 0.3) is 5.91 Å². The van der Waals surface area contributed by atoms with Crippen LogP contribution in [0.2, 0.25) is 0 Å². The molecule has 136 valence electrons. The third kappa shape index (κ3) is 5.27. The zero-order valence-electron chi connectivity index (χ0n) is 13.7. The van der Waals surface area contributed by atoms with Crippen LogP contribution in [0.1, 0.15) is 30.8 Å². The van der Waals surface area contributed by atoms with Gasteiger partial charge in [0.05, 0.1) is 12.5 Å². The first kappa shape index (κ1) is 19.4. The van der Waals surface area contributed by atoms with Gasteiger partial charge in [0.2, 0.25) is 5.91 Å². The van der Waals surface area contributed by atoms with Gasteiger partial charge in [-0.2, -0.15) is 0 Å². The number of thiocarbonyl (C=S) groups is 1. The fourth-order valence-corrected chi connectivity index (χ4v) is 2.91. The molecule has 1 aromatic heterocycles. The van der Waals surface area contributed by atoms with Gasteiger partial charge in [0.1, 0.15) is 6.04 Å². The summed E-state index contributed by atoms with van der Waals surface area (Å²) in [5.74, 6) is -1.31. The Morgan fingerprint density at radius 1 is 1.52 bits per heavy atom. The van der Waals surface area contributed by atoms with E-state index in [1.54, 1.807) is 19.9 Å². The van der Waals surface area contributed by atoms with Gasteiger partial charge in [0, 0.05) is 13.1 Å². The number of furan rings is 1. The second-order valence-corrected chi connectivity index (χ2v) is 6.77. The van der Waals surface area contributed by atoms with Crippen LogP contribution in [0.15, 0.2) is 21.2 Å². The van der Waals surface area contributed by atoms with E-state index in [-0.39, 0.29) is 29.3 Å². The van der Waals surface area contributed by atoms with Gasteiger partial charge in [-0.25, -0.2) is 0 Å². The number of nitrogens with zero attached hydrogens (tertiary/aromatic N) is 1. The highest BCUT2D eigenvalue weighted by Gasteiger charge is 2.34. The molecular weight excluding hydrogens is 414 g/mol. The number of rotatable bonds is 4. The van der Waals surface area contributed by atoms with E-state index in [0.29, 0.717) is 17.8 Å². The molecular formula is C15H18BrN3O5S. The van der Waals surface area contributed by atoms with Crippen molar-refractivity contribution in [1.29, 1.82) is 0 Å². The normalized spacial score (nSPS) is 17.2. The van der Waals surface area contributed by atoms with Crippen molar-refractivity contribution in [3.8, 4) is 0 Å². The number of carbonyl (C=O) groups is 3. The van der Waals surface area contributed by atoms with E-state index in [1.807, 2.05) is 0 Å². The van der Waals surface area contributed by atoms with Crippen LogP contribution in [0.3, 0.4) is 0 Å². The smallest absolute Gasteiger partial charge is 0.308 e. The van der Waals surface area contributed by atoms with Crippen molar-refractivity contribution < 1.29 is 23.5 Å². The predicted octanol–water partition coefficient (Wildman–Crippen LogP) is 1.20. The van der Waals surface area contributed by atoms with Crippen LogP contribution in [0.5, 0.6) is 0 Å². The lowest BCUT2D eigenvalue weighted by atomic mass is 10.1. The molecule has 1 aliphatic heterocycles. The summed E-state index contributed by atoms with van der Waals surface area (Å²) >= 11 is 8.35. The van der Waals surface area contributed by atoms with Crippen molar-refractivity contribution in [1.82, 2.24) is 15.5 Å². The lowest BCUT2D eigenvalue weighted by Crippen LogP contribution is -2.60. The monoisotopic (exact) mass is 431 g/mol. The van der Waals surface area contributed by atoms with Crippen molar-refractivity contribution in [3.05, 3.63) is 22.6 Å². The summed E-state index contributed by atoms with van der Waals surface area (Å²) in [6.07, 6.45) is -0.441. The fourth-order valence-electron chi connectivity index (χ4n) is 2.30. The molecule has 1 atom stereocenters. The van der Waals surface area contributed by atoms with Gasteiger partial charge < -0.3 is 19.4 Å². The van der Waals surface area contributed by atoms with Gasteiger partial charge in [0.15, 0.2) is 15.5 Å². The van der Waals surface area contributed by atoms with Gasteiger partial charge in [-0.1, -0.05) is 0 Å². The average Bonchev–Trinajstić information content (AvgIpc) is 2.95. The third-order valence-corrected chi connectivity index (χ3v) is 4.10. The number of nitrogens with one attached hydrogen (secondary N) is 2. The van der Waals surface area contributed by atoms with E-state index >= 15 is 0 Å². The summed E-state index contributed by atoms with van der Waals surface area (Å²) in [7, 11) is 0. The summed E-state index contributed by atoms with van der Waals surface area (Å²) in [5.41, 5.74) is 0. The van der Waals surface area contributed by atoms with Crippen LogP contribution in [0.4, 0.5) is 0 Å². The average molecular weight is 432 g/mol. The third-order valence-electron chi connectivity index (χ3n) is 3.34. The molecule has 25 heavy (non-hydrogen) atoms. The van der Waals surface area contributed by atoms with Gasteiger partial charge in [-0.15, -0.1) is 0 Å². The number of halogens is 1. The SMILES string of the molecule is CC(C)OC(=O)C[C@@H]1C(=O)NCCN1C(=S)NC(=O)c1ccc(Br)o1. The maximum Gasteiger partial charge on any atom is 0.308 e. The molecule has 2 N–H and O–H groups in total. The quantitative estimate of drug-likeness (QED) is 0.545. The summed E-state index contributed by atoms with van der Waals surface area (Å²) in [5, 5.41) is 5.24. The van der Waals surface area contributed by atoms with Crippen molar-refractivity contribution in [3.63, 3.8) is 0 Å². The largest absolute Gasteiger partial charge is 0.463 e. The van der Waals surface area contributed by atoms with Crippen molar-refractivity contribution in [2.75, 3.05) is 13.1 Å². The maximum atomic E-state index is 12.1. The zero-order chi connectivity index (χ0) is 18.6. The molecule has 0 saturated carbocycles. The number of amides is 2. The molecule has 0 bridgehead atoms. The minimum atomic E-state index is -0.837. The Hall–Kier alpha value is -1.94. The Morgan fingerprint density at radius 3 is 2.84 bits per heavy atom. The second-order valence-electron chi connectivity index (χ2n) is 5.61. The van der Waals surface area contributed by atoms with Crippen molar-refractivity contribution in [2.45, 2.75) is 32.4 Å². The van der Waals surface area contributed by atoms with E-state index < -0.39 is 17.9 Å². The van der Waals surface area contributed by atoms with E-state index in [4.69, 9.17) is 21.4 Å². The number of ether oxygens (including phenoxy) is 1. The summed E-state index contributed by atoms with van der Waals surface area (Å²) in [6.45, 7) is 4.18. The molecule has 2 rings (SSSR count). The first-order valence-electron chi connectivity index (χ1n) is 7.62. The molecule has 0 spiro atoms. The molecule has 1 aliphatic rings. The second kappa shape index (κ2) is 8.43. The van der Waals surface area contributed by atoms with E-state index in [0.717, 1.165) is 0 Å². The van der Waals surface area contributed by atoms with Crippen LogP contribution < -0.4 is 10.6 Å². The first-order valence-corrected chi connectivity index (χ1v) is 8.82. The van der Waals surface area contributed by atoms with Gasteiger partial charge in [-0.3, -0.25) is 19.7 Å². The summed E-state index contributed by atoms with van der Waals surface area (Å²) in [4.78, 5) is 37.7. The number of esters is 1. The molecule has 2 heterocycles. The Kier molecular flexibility index (Phi) is 6.54. The van der Waals surface area contributed by atoms with E-state index in [9.17, 15) is 14.4 Å². The number of carbonyl (C=O) groups excluding carboxylic acids is 3.